The minimum atomic E-state index is -0.464. The molecule has 0 saturated carbocycles. The molecule has 0 aliphatic heterocycles. The van der Waals surface area contributed by atoms with Crippen LogP contribution in [-0.4, -0.2) is 19.9 Å². The second kappa shape index (κ2) is 8.60. The van der Waals surface area contributed by atoms with Crippen LogP contribution < -0.4 is 16.6 Å². The minimum absolute atomic E-state index is 0.160. The lowest BCUT2D eigenvalue weighted by atomic mass is 10.2. The summed E-state index contributed by atoms with van der Waals surface area (Å²) in [4.78, 5) is 43.5. The average Bonchev–Trinajstić information content (AvgIpc) is 3.21. The van der Waals surface area contributed by atoms with E-state index < -0.39 is 5.69 Å². The second-order valence-corrected chi connectivity index (χ2v) is 9.13. The van der Waals surface area contributed by atoms with Crippen LogP contribution in [0.15, 0.2) is 62.9 Å². The van der Waals surface area contributed by atoms with E-state index in [0.29, 0.717) is 21.8 Å². The van der Waals surface area contributed by atoms with Gasteiger partial charge in [-0.15, -0.1) is 11.3 Å². The predicted molar refractivity (Wildman–Crippen MR) is 124 cm³/mol. The molecule has 1 amide bonds. The fourth-order valence-corrected chi connectivity index (χ4v) is 4.53. The van der Waals surface area contributed by atoms with E-state index in [4.69, 9.17) is 0 Å². The van der Waals surface area contributed by atoms with Gasteiger partial charge in [-0.3, -0.25) is 23.5 Å². The van der Waals surface area contributed by atoms with Crippen molar-refractivity contribution in [1.82, 2.24) is 19.3 Å². The van der Waals surface area contributed by atoms with Gasteiger partial charge in [0.25, 0.3) is 11.5 Å². The summed E-state index contributed by atoms with van der Waals surface area (Å²) in [6.45, 7) is 4.07. The first-order chi connectivity index (χ1) is 14.8. The van der Waals surface area contributed by atoms with Crippen molar-refractivity contribution in [2.45, 2.75) is 26.9 Å². The highest BCUT2D eigenvalue weighted by Crippen LogP contribution is 2.18. The average molecular weight is 499 g/mol. The number of hydrogen-bond acceptors (Lipinski definition) is 5. The lowest BCUT2D eigenvalue weighted by Gasteiger charge is -2.07. The summed E-state index contributed by atoms with van der Waals surface area (Å²) in [5, 5.41) is 2.86. The van der Waals surface area contributed by atoms with Crippen LogP contribution in [0.25, 0.3) is 4.83 Å². The van der Waals surface area contributed by atoms with Crippen molar-refractivity contribution in [3.05, 3.63) is 101 Å². The van der Waals surface area contributed by atoms with Gasteiger partial charge in [-0.05, 0) is 49.2 Å². The molecular formula is C22H19BrN4O3S. The summed E-state index contributed by atoms with van der Waals surface area (Å²) in [5.74, 6) is -0.297. The number of nitrogens with zero attached hydrogens (tertiary/aromatic N) is 3. The van der Waals surface area contributed by atoms with Crippen molar-refractivity contribution in [2.75, 3.05) is 0 Å². The van der Waals surface area contributed by atoms with E-state index in [2.05, 4.69) is 26.2 Å². The van der Waals surface area contributed by atoms with Gasteiger partial charge < -0.3 is 5.32 Å². The molecule has 0 atom stereocenters. The summed E-state index contributed by atoms with van der Waals surface area (Å²) in [6, 6.07) is 11.2. The topological polar surface area (TPSA) is 85.5 Å². The Morgan fingerprint density at radius 3 is 2.58 bits per heavy atom. The number of amides is 1. The van der Waals surface area contributed by atoms with Crippen LogP contribution in [-0.2, 0) is 13.1 Å². The largest absolute Gasteiger partial charge is 0.347 e. The van der Waals surface area contributed by atoms with Crippen molar-refractivity contribution in [1.29, 1.82) is 0 Å². The molecule has 3 aromatic heterocycles. The minimum Gasteiger partial charge on any atom is -0.347 e. The molecule has 3 heterocycles. The molecule has 0 fully saturated rings. The fourth-order valence-electron chi connectivity index (χ4n) is 3.27. The zero-order valence-corrected chi connectivity index (χ0v) is 19.3. The van der Waals surface area contributed by atoms with Crippen LogP contribution in [0.3, 0.4) is 0 Å². The third-order valence-corrected chi connectivity index (χ3v) is 6.62. The van der Waals surface area contributed by atoms with Crippen LogP contribution in [0.2, 0.25) is 0 Å². The van der Waals surface area contributed by atoms with Gasteiger partial charge in [-0.25, -0.2) is 4.79 Å². The standard InChI is InChI=1S/C22H19BrN4O3S/c1-13-9-16(7-8-24-13)10-25-19(28)18-12-27-21(31-18)14(2)20(29)26(22(27)30)11-15-3-5-17(23)6-4-15/h3-9,12H,10-11H2,1-2H3,(H,25,28). The third-order valence-electron chi connectivity index (χ3n) is 4.89. The van der Waals surface area contributed by atoms with Crippen molar-refractivity contribution >= 4 is 38.0 Å². The molecule has 31 heavy (non-hydrogen) atoms. The highest BCUT2D eigenvalue weighted by atomic mass is 79.9. The molecule has 0 aliphatic carbocycles. The van der Waals surface area contributed by atoms with E-state index in [1.807, 2.05) is 43.3 Å². The van der Waals surface area contributed by atoms with Gasteiger partial charge in [0.15, 0.2) is 0 Å². The van der Waals surface area contributed by atoms with E-state index >= 15 is 0 Å². The molecule has 1 aromatic carbocycles. The van der Waals surface area contributed by atoms with E-state index in [-0.39, 0.29) is 18.0 Å². The Bertz CT molecular complexity index is 1400. The van der Waals surface area contributed by atoms with Crippen LogP contribution in [0.1, 0.15) is 32.1 Å². The van der Waals surface area contributed by atoms with Gasteiger partial charge in [-0.2, -0.15) is 0 Å². The zero-order chi connectivity index (χ0) is 22.1. The second-order valence-electron chi connectivity index (χ2n) is 7.18. The molecule has 0 aliphatic rings. The van der Waals surface area contributed by atoms with Crippen molar-refractivity contribution in [2.24, 2.45) is 0 Å². The third kappa shape index (κ3) is 4.38. The predicted octanol–water partition coefficient (Wildman–Crippen LogP) is 3.28. The number of carbonyl (C=O) groups is 1. The highest BCUT2D eigenvalue weighted by Gasteiger charge is 2.17. The summed E-state index contributed by atoms with van der Waals surface area (Å²) in [5.41, 5.74) is 2.26. The Kier molecular flexibility index (Phi) is 5.88. The molecule has 0 saturated heterocycles. The van der Waals surface area contributed by atoms with E-state index in [1.54, 1.807) is 13.1 Å². The van der Waals surface area contributed by atoms with Gasteiger partial charge in [0, 0.05) is 34.7 Å². The van der Waals surface area contributed by atoms with Gasteiger partial charge in [0.1, 0.15) is 9.71 Å². The Hall–Kier alpha value is -3.04. The Balaban J connectivity index is 1.65. The number of nitrogens with one attached hydrogen (secondary N) is 1. The lowest BCUT2D eigenvalue weighted by Crippen LogP contribution is -2.38. The van der Waals surface area contributed by atoms with Gasteiger partial charge in [0.2, 0.25) is 0 Å². The summed E-state index contributed by atoms with van der Waals surface area (Å²) < 4.78 is 3.49. The van der Waals surface area contributed by atoms with Gasteiger partial charge in [-0.1, -0.05) is 28.1 Å². The summed E-state index contributed by atoms with van der Waals surface area (Å²) in [6.07, 6.45) is 3.19. The number of rotatable bonds is 5. The lowest BCUT2D eigenvalue weighted by molar-refractivity contribution is 0.0954. The number of aryl methyl sites for hydroxylation is 2. The number of halogens is 1. The van der Waals surface area contributed by atoms with E-state index in [9.17, 15) is 14.4 Å². The van der Waals surface area contributed by atoms with Crippen LogP contribution in [0.4, 0.5) is 0 Å². The van der Waals surface area contributed by atoms with E-state index in [1.165, 1.54) is 15.2 Å². The van der Waals surface area contributed by atoms with E-state index in [0.717, 1.165) is 32.6 Å². The van der Waals surface area contributed by atoms with Crippen molar-refractivity contribution in [3.8, 4) is 0 Å². The van der Waals surface area contributed by atoms with Crippen LogP contribution >= 0.6 is 27.3 Å². The van der Waals surface area contributed by atoms with Gasteiger partial charge in [0.05, 0.1) is 6.54 Å². The van der Waals surface area contributed by atoms with Gasteiger partial charge >= 0.3 is 5.69 Å². The fraction of sp³-hybridized carbons (Fsp3) is 0.182. The molecule has 7 nitrogen and oxygen atoms in total. The Labute approximate surface area is 190 Å². The molecule has 4 aromatic rings. The number of pyridine rings is 1. The summed E-state index contributed by atoms with van der Waals surface area (Å²) >= 11 is 4.51. The first-order valence-corrected chi connectivity index (χ1v) is 11.1. The van der Waals surface area contributed by atoms with Crippen LogP contribution in [0, 0.1) is 13.8 Å². The smallest absolute Gasteiger partial charge is 0.336 e. The molecule has 4 rings (SSSR count). The molecule has 0 radical (unpaired) electrons. The monoisotopic (exact) mass is 498 g/mol. The molecular weight excluding hydrogens is 480 g/mol. The number of thiazole rings is 1. The Morgan fingerprint density at radius 1 is 1.13 bits per heavy atom. The van der Waals surface area contributed by atoms with Crippen molar-refractivity contribution < 1.29 is 4.79 Å². The molecule has 158 valence electrons. The number of benzene rings is 1. The molecule has 0 spiro atoms. The molecule has 1 N–H and O–H groups in total. The maximum atomic E-state index is 13.0. The number of carbonyl (C=O) groups excluding carboxylic acids is 1. The normalized spacial score (nSPS) is 11.1. The molecule has 9 heteroatoms. The molecule has 0 unspecified atom stereocenters. The summed E-state index contributed by atoms with van der Waals surface area (Å²) in [7, 11) is 0. The zero-order valence-electron chi connectivity index (χ0n) is 16.9. The Morgan fingerprint density at radius 2 is 1.87 bits per heavy atom. The highest BCUT2D eigenvalue weighted by molar-refractivity contribution is 9.10. The maximum absolute atomic E-state index is 13.0. The SMILES string of the molecule is Cc1cc(CNC(=O)c2cn3c(=O)n(Cc4ccc(Br)cc4)c(=O)c(C)c3s2)ccn1. The number of hydrogen-bond donors (Lipinski definition) is 1. The first kappa shape index (κ1) is 21.2. The maximum Gasteiger partial charge on any atom is 0.336 e. The quantitative estimate of drug-likeness (QED) is 0.457. The number of fused-ring (bicyclic) bond motifs is 1. The first-order valence-electron chi connectivity index (χ1n) is 9.53. The number of aromatic nitrogens is 3. The van der Waals surface area contributed by atoms with Crippen LogP contribution in [0.5, 0.6) is 0 Å². The molecule has 0 bridgehead atoms. The van der Waals surface area contributed by atoms with Crippen molar-refractivity contribution in [3.63, 3.8) is 0 Å².